The third kappa shape index (κ3) is 2.88. The van der Waals surface area contributed by atoms with Gasteiger partial charge in [-0.2, -0.15) is 0 Å². The van der Waals surface area contributed by atoms with Gasteiger partial charge < -0.3 is 9.84 Å². The van der Waals surface area contributed by atoms with E-state index < -0.39 is 5.97 Å². The summed E-state index contributed by atoms with van der Waals surface area (Å²) in [6.45, 7) is 4.48. The van der Waals surface area contributed by atoms with E-state index in [4.69, 9.17) is 9.84 Å². The summed E-state index contributed by atoms with van der Waals surface area (Å²) in [4.78, 5) is 15.6. The van der Waals surface area contributed by atoms with Crippen molar-refractivity contribution in [1.29, 1.82) is 0 Å². The molecule has 0 aliphatic heterocycles. The van der Waals surface area contributed by atoms with Crippen molar-refractivity contribution in [2.45, 2.75) is 26.4 Å². The highest BCUT2D eigenvalue weighted by molar-refractivity contribution is 7.12. The zero-order valence-corrected chi connectivity index (χ0v) is 11.7. The van der Waals surface area contributed by atoms with Gasteiger partial charge in [0.1, 0.15) is 12.4 Å². The van der Waals surface area contributed by atoms with Gasteiger partial charge in [-0.15, -0.1) is 22.7 Å². The van der Waals surface area contributed by atoms with Gasteiger partial charge in [0.2, 0.25) is 0 Å². The molecule has 0 aliphatic carbocycles. The molecule has 0 amide bonds. The van der Waals surface area contributed by atoms with E-state index in [9.17, 15) is 4.79 Å². The van der Waals surface area contributed by atoms with Crippen LogP contribution in [0, 0.1) is 0 Å². The van der Waals surface area contributed by atoms with Crippen molar-refractivity contribution in [1.82, 2.24) is 4.98 Å². The van der Waals surface area contributed by atoms with Gasteiger partial charge in [-0.1, -0.05) is 13.8 Å². The van der Waals surface area contributed by atoms with Gasteiger partial charge in [-0.05, 0) is 11.4 Å². The summed E-state index contributed by atoms with van der Waals surface area (Å²) < 4.78 is 5.49. The molecule has 1 N–H and O–H groups in total. The van der Waals surface area contributed by atoms with Gasteiger partial charge in [-0.3, -0.25) is 0 Å². The Balaban J connectivity index is 2.02. The molecule has 2 heterocycles. The number of aromatic carboxylic acids is 1. The Labute approximate surface area is 113 Å². The van der Waals surface area contributed by atoms with Gasteiger partial charge >= 0.3 is 5.97 Å². The van der Waals surface area contributed by atoms with Crippen LogP contribution in [0.5, 0.6) is 5.75 Å². The van der Waals surface area contributed by atoms with Crippen molar-refractivity contribution < 1.29 is 14.6 Å². The van der Waals surface area contributed by atoms with Crippen LogP contribution in [0.25, 0.3) is 0 Å². The highest BCUT2D eigenvalue weighted by atomic mass is 32.1. The second kappa shape index (κ2) is 5.49. The molecule has 2 aromatic rings. The fourth-order valence-electron chi connectivity index (χ4n) is 1.37. The quantitative estimate of drug-likeness (QED) is 0.910. The summed E-state index contributed by atoms with van der Waals surface area (Å²) in [6.07, 6.45) is 0. The predicted octanol–water partition coefficient (Wildman–Crippen LogP) is 3.61. The number of ether oxygens (including phenoxy) is 1. The first-order chi connectivity index (χ1) is 8.58. The van der Waals surface area contributed by atoms with Crippen LogP contribution < -0.4 is 4.74 Å². The van der Waals surface area contributed by atoms with Crippen molar-refractivity contribution in [3.05, 3.63) is 32.4 Å². The lowest BCUT2D eigenvalue weighted by Gasteiger charge is -2.03. The minimum absolute atomic E-state index is 0.231. The van der Waals surface area contributed by atoms with Crippen molar-refractivity contribution >= 4 is 28.6 Å². The molecule has 0 spiro atoms. The fraction of sp³-hybridized carbons (Fsp3) is 0.333. The molecule has 0 unspecified atom stereocenters. The maximum Gasteiger partial charge on any atom is 0.349 e. The lowest BCUT2D eigenvalue weighted by Crippen LogP contribution is -2.00. The van der Waals surface area contributed by atoms with Crippen LogP contribution in [0.15, 0.2) is 16.8 Å². The Morgan fingerprint density at radius 1 is 1.50 bits per heavy atom. The average molecular weight is 283 g/mol. The molecule has 0 saturated heterocycles. The second-order valence-corrected chi connectivity index (χ2v) is 5.85. The van der Waals surface area contributed by atoms with E-state index in [1.54, 1.807) is 22.8 Å². The Bertz CT molecular complexity index is 545. The number of carboxylic acids is 1. The Kier molecular flexibility index (Phi) is 3.98. The molecule has 0 aliphatic rings. The molecule has 0 fully saturated rings. The summed E-state index contributed by atoms with van der Waals surface area (Å²) in [5.74, 6) is -0.146. The average Bonchev–Trinajstić information content (AvgIpc) is 2.95. The number of aromatic nitrogens is 1. The number of nitrogens with zero attached hydrogens (tertiary/aromatic N) is 1. The van der Waals surface area contributed by atoms with E-state index in [0.29, 0.717) is 18.3 Å². The normalized spacial score (nSPS) is 10.8. The zero-order chi connectivity index (χ0) is 13.1. The third-order valence-electron chi connectivity index (χ3n) is 2.26. The van der Waals surface area contributed by atoms with Crippen LogP contribution in [0.1, 0.15) is 40.1 Å². The summed E-state index contributed by atoms with van der Waals surface area (Å²) in [5.41, 5.74) is 0.839. The van der Waals surface area contributed by atoms with Gasteiger partial charge in [0.05, 0.1) is 10.7 Å². The number of rotatable bonds is 5. The molecule has 96 valence electrons. The van der Waals surface area contributed by atoms with E-state index in [0.717, 1.165) is 22.0 Å². The number of thiophene rings is 1. The summed E-state index contributed by atoms with van der Waals surface area (Å²) in [6, 6.07) is 1.67. The first-order valence-electron chi connectivity index (χ1n) is 5.46. The SMILES string of the molecule is CC(C)c1nc(COc2ccsc2C(=O)O)cs1. The molecule has 0 saturated carbocycles. The number of thiazole rings is 1. The number of hydrogen-bond acceptors (Lipinski definition) is 5. The van der Waals surface area contributed by atoms with E-state index in [2.05, 4.69) is 18.8 Å². The zero-order valence-electron chi connectivity index (χ0n) is 10.0. The molecule has 2 rings (SSSR count). The largest absolute Gasteiger partial charge is 0.485 e. The monoisotopic (exact) mass is 283 g/mol. The molecule has 0 bridgehead atoms. The second-order valence-electron chi connectivity index (χ2n) is 4.04. The van der Waals surface area contributed by atoms with Crippen LogP contribution in [0.3, 0.4) is 0 Å². The van der Waals surface area contributed by atoms with E-state index in [1.807, 2.05) is 5.38 Å². The van der Waals surface area contributed by atoms with Crippen LogP contribution in [-0.2, 0) is 6.61 Å². The van der Waals surface area contributed by atoms with Gasteiger partial charge in [0.25, 0.3) is 0 Å². The number of carboxylic acid groups (broad SMARTS) is 1. The molecular weight excluding hydrogens is 270 g/mol. The molecule has 0 atom stereocenters. The van der Waals surface area contributed by atoms with Crippen LogP contribution in [0.2, 0.25) is 0 Å². The summed E-state index contributed by atoms with van der Waals surface area (Å²) in [7, 11) is 0. The smallest absolute Gasteiger partial charge is 0.349 e. The van der Waals surface area contributed by atoms with Crippen LogP contribution >= 0.6 is 22.7 Å². The minimum atomic E-state index is -0.957. The number of hydrogen-bond donors (Lipinski definition) is 1. The topological polar surface area (TPSA) is 59.4 Å². The molecule has 18 heavy (non-hydrogen) atoms. The third-order valence-corrected chi connectivity index (χ3v) is 4.34. The standard InChI is InChI=1S/C12H13NO3S2/c1-7(2)11-13-8(6-18-11)5-16-9-3-4-17-10(9)12(14)15/h3-4,6-7H,5H2,1-2H3,(H,14,15). The predicted molar refractivity (Wildman–Crippen MR) is 71.8 cm³/mol. The fourth-order valence-corrected chi connectivity index (χ4v) is 2.86. The van der Waals surface area contributed by atoms with Crippen molar-refractivity contribution in [3.63, 3.8) is 0 Å². The van der Waals surface area contributed by atoms with Gasteiger partial charge in [0.15, 0.2) is 4.88 Å². The van der Waals surface area contributed by atoms with Crippen molar-refractivity contribution in [2.75, 3.05) is 0 Å². The Morgan fingerprint density at radius 3 is 2.89 bits per heavy atom. The molecule has 4 nitrogen and oxygen atoms in total. The van der Waals surface area contributed by atoms with Crippen LogP contribution in [-0.4, -0.2) is 16.1 Å². The lowest BCUT2D eigenvalue weighted by atomic mass is 10.2. The highest BCUT2D eigenvalue weighted by Crippen LogP contribution is 2.26. The summed E-state index contributed by atoms with van der Waals surface area (Å²) in [5, 5.41) is 13.7. The van der Waals surface area contributed by atoms with Crippen molar-refractivity contribution in [3.8, 4) is 5.75 Å². The molecule has 0 radical (unpaired) electrons. The minimum Gasteiger partial charge on any atom is -0.485 e. The van der Waals surface area contributed by atoms with Gasteiger partial charge in [0, 0.05) is 11.3 Å². The maximum absolute atomic E-state index is 10.9. The first-order valence-corrected chi connectivity index (χ1v) is 7.21. The first kappa shape index (κ1) is 13.0. The van der Waals surface area contributed by atoms with E-state index in [1.165, 1.54) is 0 Å². The van der Waals surface area contributed by atoms with E-state index in [-0.39, 0.29) is 4.88 Å². The highest BCUT2D eigenvalue weighted by Gasteiger charge is 2.13. The van der Waals surface area contributed by atoms with Crippen molar-refractivity contribution in [2.24, 2.45) is 0 Å². The lowest BCUT2D eigenvalue weighted by molar-refractivity contribution is 0.0697. The van der Waals surface area contributed by atoms with Gasteiger partial charge in [-0.25, -0.2) is 9.78 Å². The number of carbonyl (C=O) groups is 1. The van der Waals surface area contributed by atoms with Crippen LogP contribution in [0.4, 0.5) is 0 Å². The van der Waals surface area contributed by atoms with E-state index >= 15 is 0 Å². The summed E-state index contributed by atoms with van der Waals surface area (Å²) >= 11 is 2.76. The maximum atomic E-state index is 10.9. The molecule has 0 aromatic carbocycles. The Hall–Kier alpha value is -1.40. The molecule has 6 heteroatoms. The molecule has 2 aromatic heterocycles. The molecular formula is C12H13NO3S2. The Morgan fingerprint density at radius 2 is 2.28 bits per heavy atom.